The first kappa shape index (κ1) is 15.1. The van der Waals surface area contributed by atoms with Crippen LogP contribution in [-0.4, -0.2) is 38.4 Å². The molecule has 0 fully saturated rings. The van der Waals surface area contributed by atoms with Gasteiger partial charge in [-0.2, -0.15) is 5.10 Å². The summed E-state index contributed by atoms with van der Waals surface area (Å²) in [4.78, 5) is 13.1. The van der Waals surface area contributed by atoms with Crippen molar-refractivity contribution < 1.29 is 4.74 Å². The number of anilines is 2. The fourth-order valence-corrected chi connectivity index (χ4v) is 2.14. The summed E-state index contributed by atoms with van der Waals surface area (Å²) in [5, 5.41) is 7.53. The van der Waals surface area contributed by atoms with Crippen LogP contribution in [0.25, 0.3) is 11.4 Å². The summed E-state index contributed by atoms with van der Waals surface area (Å²) in [5.41, 5.74) is 2.64. The van der Waals surface area contributed by atoms with E-state index in [0.29, 0.717) is 19.0 Å². The standard InChI is InChI=1S/C16H18N6O/c1-12-8-15(20-14-10-18-22(11-14)6-7-23-2)21-16(19-12)13-4-3-5-17-9-13/h3-5,8-11H,6-7H2,1-2H3,(H,19,20,21). The molecule has 0 spiro atoms. The van der Waals surface area contributed by atoms with Gasteiger partial charge in [0.25, 0.3) is 0 Å². The molecule has 3 heterocycles. The number of hydrogen-bond donors (Lipinski definition) is 1. The van der Waals surface area contributed by atoms with Gasteiger partial charge in [0.05, 0.1) is 25.0 Å². The molecule has 0 aliphatic rings. The van der Waals surface area contributed by atoms with E-state index in [1.807, 2.05) is 36.0 Å². The zero-order chi connectivity index (χ0) is 16.1. The topological polar surface area (TPSA) is 77.8 Å². The highest BCUT2D eigenvalue weighted by atomic mass is 16.5. The van der Waals surface area contributed by atoms with Crippen LogP contribution in [0.1, 0.15) is 5.69 Å². The number of hydrogen-bond acceptors (Lipinski definition) is 6. The maximum atomic E-state index is 5.05. The lowest BCUT2D eigenvalue weighted by Gasteiger charge is -2.07. The summed E-state index contributed by atoms with van der Waals surface area (Å²) in [5.74, 6) is 1.37. The number of methoxy groups -OCH3 is 1. The third kappa shape index (κ3) is 3.89. The SMILES string of the molecule is COCCn1cc(Nc2cc(C)nc(-c3cccnc3)n2)cn1. The first-order valence-corrected chi connectivity index (χ1v) is 7.29. The molecule has 1 N–H and O–H groups in total. The molecular weight excluding hydrogens is 292 g/mol. The highest BCUT2D eigenvalue weighted by Crippen LogP contribution is 2.19. The summed E-state index contributed by atoms with van der Waals surface area (Å²) in [6.07, 6.45) is 7.16. The average molecular weight is 310 g/mol. The summed E-state index contributed by atoms with van der Waals surface area (Å²) >= 11 is 0. The first-order chi connectivity index (χ1) is 11.2. The van der Waals surface area contributed by atoms with E-state index in [-0.39, 0.29) is 0 Å². The van der Waals surface area contributed by atoms with Crippen molar-refractivity contribution in [1.82, 2.24) is 24.7 Å². The largest absolute Gasteiger partial charge is 0.383 e. The van der Waals surface area contributed by atoms with Gasteiger partial charge in [-0.15, -0.1) is 0 Å². The van der Waals surface area contributed by atoms with Crippen molar-refractivity contribution in [3.63, 3.8) is 0 Å². The molecule has 23 heavy (non-hydrogen) atoms. The van der Waals surface area contributed by atoms with Crippen LogP contribution in [0.4, 0.5) is 11.5 Å². The molecule has 0 atom stereocenters. The molecule has 3 rings (SSSR count). The molecule has 7 nitrogen and oxygen atoms in total. The van der Waals surface area contributed by atoms with Crippen LogP contribution in [0.2, 0.25) is 0 Å². The molecule has 7 heteroatoms. The summed E-state index contributed by atoms with van der Waals surface area (Å²) in [7, 11) is 1.67. The Labute approximate surface area is 134 Å². The second-order valence-electron chi connectivity index (χ2n) is 5.07. The van der Waals surface area contributed by atoms with Crippen molar-refractivity contribution in [1.29, 1.82) is 0 Å². The quantitative estimate of drug-likeness (QED) is 0.753. The van der Waals surface area contributed by atoms with Crippen LogP contribution < -0.4 is 5.32 Å². The zero-order valence-electron chi connectivity index (χ0n) is 13.1. The average Bonchev–Trinajstić information content (AvgIpc) is 3.00. The van der Waals surface area contributed by atoms with Crippen LogP contribution in [0.3, 0.4) is 0 Å². The summed E-state index contributed by atoms with van der Waals surface area (Å²) in [6, 6.07) is 5.70. The van der Waals surface area contributed by atoms with Crippen molar-refractivity contribution in [2.75, 3.05) is 19.0 Å². The normalized spacial score (nSPS) is 10.7. The maximum absolute atomic E-state index is 5.05. The van der Waals surface area contributed by atoms with E-state index < -0.39 is 0 Å². The third-order valence-electron chi connectivity index (χ3n) is 3.20. The van der Waals surface area contributed by atoms with E-state index in [2.05, 4.69) is 25.4 Å². The van der Waals surface area contributed by atoms with Crippen LogP contribution >= 0.6 is 0 Å². The molecule has 0 saturated heterocycles. The molecule has 0 radical (unpaired) electrons. The minimum Gasteiger partial charge on any atom is -0.383 e. The Morgan fingerprint density at radius 2 is 2.17 bits per heavy atom. The van der Waals surface area contributed by atoms with E-state index in [1.165, 1.54) is 0 Å². The van der Waals surface area contributed by atoms with Crippen molar-refractivity contribution in [2.45, 2.75) is 13.5 Å². The van der Waals surface area contributed by atoms with Crippen LogP contribution in [0.5, 0.6) is 0 Å². The number of pyridine rings is 1. The lowest BCUT2D eigenvalue weighted by molar-refractivity contribution is 0.183. The highest BCUT2D eigenvalue weighted by Gasteiger charge is 2.06. The van der Waals surface area contributed by atoms with Gasteiger partial charge in [-0.25, -0.2) is 9.97 Å². The number of nitrogens with zero attached hydrogens (tertiary/aromatic N) is 5. The molecule has 0 bridgehead atoms. The molecule has 3 aromatic rings. The number of nitrogens with one attached hydrogen (secondary N) is 1. The summed E-state index contributed by atoms with van der Waals surface area (Å²) < 4.78 is 6.87. The molecular formula is C16H18N6O. The molecule has 0 unspecified atom stereocenters. The van der Waals surface area contributed by atoms with E-state index in [9.17, 15) is 0 Å². The number of aromatic nitrogens is 5. The number of ether oxygens (including phenoxy) is 1. The number of rotatable bonds is 6. The Kier molecular flexibility index (Phi) is 4.58. The number of aryl methyl sites for hydroxylation is 1. The van der Waals surface area contributed by atoms with Gasteiger partial charge < -0.3 is 10.1 Å². The maximum Gasteiger partial charge on any atom is 0.163 e. The van der Waals surface area contributed by atoms with Crippen LogP contribution in [0.15, 0.2) is 43.0 Å². The van der Waals surface area contributed by atoms with E-state index in [1.54, 1.807) is 25.7 Å². The molecule has 3 aromatic heterocycles. The Morgan fingerprint density at radius 3 is 2.96 bits per heavy atom. The smallest absolute Gasteiger partial charge is 0.163 e. The van der Waals surface area contributed by atoms with E-state index >= 15 is 0 Å². The molecule has 118 valence electrons. The van der Waals surface area contributed by atoms with Crippen molar-refractivity contribution >= 4 is 11.5 Å². The van der Waals surface area contributed by atoms with Crippen LogP contribution in [0, 0.1) is 6.92 Å². The van der Waals surface area contributed by atoms with Crippen LogP contribution in [-0.2, 0) is 11.3 Å². The van der Waals surface area contributed by atoms with Gasteiger partial charge in [0, 0.05) is 43.0 Å². The van der Waals surface area contributed by atoms with Gasteiger partial charge in [-0.1, -0.05) is 0 Å². The van der Waals surface area contributed by atoms with Crippen molar-refractivity contribution in [3.05, 3.63) is 48.7 Å². The Balaban J connectivity index is 1.80. The van der Waals surface area contributed by atoms with E-state index in [0.717, 1.165) is 22.8 Å². The van der Waals surface area contributed by atoms with Crippen molar-refractivity contribution in [2.24, 2.45) is 0 Å². The predicted octanol–water partition coefficient (Wildman–Crippen LogP) is 2.43. The third-order valence-corrected chi connectivity index (χ3v) is 3.20. The highest BCUT2D eigenvalue weighted by molar-refractivity contribution is 5.60. The molecule has 0 amide bonds. The van der Waals surface area contributed by atoms with Gasteiger partial charge in [-0.05, 0) is 19.1 Å². The predicted molar refractivity (Wildman–Crippen MR) is 87.4 cm³/mol. The Bertz CT molecular complexity index is 771. The van der Waals surface area contributed by atoms with E-state index in [4.69, 9.17) is 4.74 Å². The lowest BCUT2D eigenvalue weighted by Crippen LogP contribution is -2.04. The molecule has 0 aromatic carbocycles. The van der Waals surface area contributed by atoms with Gasteiger partial charge in [0.15, 0.2) is 5.82 Å². The van der Waals surface area contributed by atoms with Gasteiger partial charge in [-0.3, -0.25) is 9.67 Å². The molecule has 0 aliphatic heterocycles. The monoisotopic (exact) mass is 310 g/mol. The Hall–Kier alpha value is -2.80. The van der Waals surface area contributed by atoms with Gasteiger partial charge in [0.2, 0.25) is 0 Å². The first-order valence-electron chi connectivity index (χ1n) is 7.29. The molecule has 0 aliphatic carbocycles. The molecule has 0 saturated carbocycles. The van der Waals surface area contributed by atoms with Gasteiger partial charge in [0.1, 0.15) is 5.82 Å². The fourth-order valence-electron chi connectivity index (χ4n) is 2.14. The van der Waals surface area contributed by atoms with Gasteiger partial charge >= 0.3 is 0 Å². The fraction of sp³-hybridized carbons (Fsp3) is 0.250. The minimum atomic E-state index is 0.624. The van der Waals surface area contributed by atoms with Crippen molar-refractivity contribution in [3.8, 4) is 11.4 Å². The Morgan fingerprint density at radius 1 is 1.26 bits per heavy atom. The minimum absolute atomic E-state index is 0.624. The second kappa shape index (κ2) is 6.97. The lowest BCUT2D eigenvalue weighted by atomic mass is 10.2. The zero-order valence-corrected chi connectivity index (χ0v) is 13.1. The summed E-state index contributed by atoms with van der Waals surface area (Å²) in [6.45, 7) is 3.27. The second-order valence-corrected chi connectivity index (χ2v) is 5.07.